The minimum absolute atomic E-state index is 0.0406. The molecule has 0 spiro atoms. The number of fused-ring (bicyclic) bond motifs is 1. The molecule has 0 aliphatic heterocycles. The normalized spacial score (nSPS) is 37.1. The predicted molar refractivity (Wildman–Crippen MR) is 113 cm³/mol. The van der Waals surface area contributed by atoms with E-state index in [4.69, 9.17) is 4.42 Å². The van der Waals surface area contributed by atoms with E-state index in [0.29, 0.717) is 6.54 Å². The third-order valence-corrected chi connectivity index (χ3v) is 8.24. The van der Waals surface area contributed by atoms with Crippen molar-refractivity contribution in [1.82, 2.24) is 10.6 Å². The summed E-state index contributed by atoms with van der Waals surface area (Å²) in [5.74, 6) is 1.02. The van der Waals surface area contributed by atoms with Gasteiger partial charge in [0.1, 0.15) is 5.76 Å². The van der Waals surface area contributed by atoms with Crippen molar-refractivity contribution in [3.05, 3.63) is 24.2 Å². The van der Waals surface area contributed by atoms with Gasteiger partial charge >= 0.3 is 0 Å². The SMILES string of the molecule is C[C@@H]1[C@@H]2[C@@H](O)[C@H]([C@H](C)C(=O)NCc3ccco3)CC[C@]2(C)CC[C@@H]1NC(=O)C1CC1. The summed E-state index contributed by atoms with van der Waals surface area (Å²) in [6.07, 6.45) is 6.93. The maximum absolute atomic E-state index is 12.8. The quantitative estimate of drug-likeness (QED) is 0.664. The zero-order chi connectivity index (χ0) is 21.5. The third kappa shape index (κ3) is 4.16. The molecule has 166 valence electrons. The molecule has 1 aromatic rings. The molecule has 3 fully saturated rings. The van der Waals surface area contributed by atoms with E-state index in [0.717, 1.165) is 44.3 Å². The van der Waals surface area contributed by atoms with E-state index in [-0.39, 0.29) is 52.9 Å². The zero-order valence-corrected chi connectivity index (χ0v) is 18.4. The molecular formula is C24H36N2O4. The van der Waals surface area contributed by atoms with E-state index in [1.54, 1.807) is 12.3 Å². The van der Waals surface area contributed by atoms with Crippen molar-refractivity contribution < 1.29 is 19.1 Å². The molecule has 30 heavy (non-hydrogen) atoms. The fourth-order valence-corrected chi connectivity index (χ4v) is 6.09. The second-order valence-electron chi connectivity index (χ2n) is 10.2. The molecule has 1 aromatic heterocycles. The second-order valence-corrected chi connectivity index (χ2v) is 10.2. The lowest BCUT2D eigenvalue weighted by molar-refractivity contribution is -0.144. The van der Waals surface area contributed by atoms with Gasteiger partial charge in [0.15, 0.2) is 0 Å². The van der Waals surface area contributed by atoms with Crippen molar-refractivity contribution in [2.24, 2.45) is 35.0 Å². The summed E-state index contributed by atoms with van der Waals surface area (Å²) in [6, 6.07) is 3.76. The number of aliphatic hydroxyl groups excluding tert-OH is 1. The molecule has 3 aliphatic rings. The van der Waals surface area contributed by atoms with Crippen LogP contribution in [-0.2, 0) is 16.1 Å². The van der Waals surface area contributed by atoms with Gasteiger partial charge in [-0.05, 0) is 73.8 Å². The first-order chi connectivity index (χ1) is 14.3. The Morgan fingerprint density at radius 1 is 1.27 bits per heavy atom. The van der Waals surface area contributed by atoms with Crippen LogP contribution in [0.2, 0.25) is 0 Å². The van der Waals surface area contributed by atoms with Crippen LogP contribution in [0.15, 0.2) is 22.8 Å². The summed E-state index contributed by atoms with van der Waals surface area (Å²) in [4.78, 5) is 25.1. The molecule has 1 heterocycles. The first-order valence-electron chi connectivity index (χ1n) is 11.6. The molecule has 0 aromatic carbocycles. The van der Waals surface area contributed by atoms with Crippen molar-refractivity contribution >= 4 is 11.8 Å². The number of aliphatic hydroxyl groups is 1. The molecule has 6 heteroatoms. The molecule has 2 amide bonds. The van der Waals surface area contributed by atoms with Crippen LogP contribution in [0.4, 0.5) is 0 Å². The molecule has 0 saturated heterocycles. The highest BCUT2D eigenvalue weighted by molar-refractivity contribution is 5.81. The second kappa shape index (κ2) is 8.37. The monoisotopic (exact) mass is 416 g/mol. The van der Waals surface area contributed by atoms with Gasteiger partial charge in [-0.2, -0.15) is 0 Å². The van der Waals surface area contributed by atoms with Crippen LogP contribution in [0.5, 0.6) is 0 Å². The van der Waals surface area contributed by atoms with Gasteiger partial charge in [-0.1, -0.05) is 20.8 Å². The van der Waals surface area contributed by atoms with Gasteiger partial charge in [0.05, 0.1) is 18.9 Å². The third-order valence-electron chi connectivity index (χ3n) is 8.24. The number of nitrogens with one attached hydrogen (secondary N) is 2. The number of furan rings is 1. The van der Waals surface area contributed by atoms with E-state index in [9.17, 15) is 14.7 Å². The van der Waals surface area contributed by atoms with E-state index in [2.05, 4.69) is 24.5 Å². The van der Waals surface area contributed by atoms with Gasteiger partial charge in [-0.25, -0.2) is 0 Å². The van der Waals surface area contributed by atoms with Crippen LogP contribution >= 0.6 is 0 Å². The summed E-state index contributed by atoms with van der Waals surface area (Å²) < 4.78 is 5.29. The Balaban J connectivity index is 1.41. The van der Waals surface area contributed by atoms with Gasteiger partial charge in [-0.15, -0.1) is 0 Å². The maximum atomic E-state index is 12.8. The Hall–Kier alpha value is -1.82. The Bertz CT molecular complexity index is 759. The van der Waals surface area contributed by atoms with Crippen LogP contribution in [0.1, 0.15) is 65.1 Å². The largest absolute Gasteiger partial charge is 0.467 e. The molecule has 7 atom stereocenters. The number of amides is 2. The average Bonchev–Trinajstić information content (AvgIpc) is 3.44. The maximum Gasteiger partial charge on any atom is 0.223 e. The highest BCUT2D eigenvalue weighted by Crippen LogP contribution is 2.55. The minimum Gasteiger partial charge on any atom is -0.467 e. The molecule has 0 unspecified atom stereocenters. The van der Waals surface area contributed by atoms with Crippen molar-refractivity contribution in [2.75, 3.05) is 0 Å². The smallest absolute Gasteiger partial charge is 0.223 e. The summed E-state index contributed by atoms with van der Waals surface area (Å²) in [5, 5.41) is 17.6. The average molecular weight is 417 g/mol. The molecule has 3 saturated carbocycles. The summed E-state index contributed by atoms with van der Waals surface area (Å²) in [7, 11) is 0. The number of carbonyl (C=O) groups excluding carboxylic acids is 2. The Morgan fingerprint density at radius 2 is 2.00 bits per heavy atom. The Morgan fingerprint density at radius 3 is 2.67 bits per heavy atom. The van der Waals surface area contributed by atoms with Gasteiger partial charge in [-0.3, -0.25) is 9.59 Å². The van der Waals surface area contributed by atoms with Crippen molar-refractivity contribution in [1.29, 1.82) is 0 Å². The van der Waals surface area contributed by atoms with E-state index >= 15 is 0 Å². The van der Waals surface area contributed by atoms with Gasteiger partial charge in [0, 0.05) is 17.9 Å². The molecule has 0 bridgehead atoms. The molecular weight excluding hydrogens is 380 g/mol. The van der Waals surface area contributed by atoms with Gasteiger partial charge in [0.25, 0.3) is 0 Å². The standard InChI is InChI=1S/C24H36N2O4/c1-14(22(28)25-13-17-5-4-12-30-17)18-8-10-24(3)11-9-19(15(2)20(24)21(18)27)26-23(29)16-6-7-16/h4-5,12,14-16,18-21,27H,6-11,13H2,1-3H3,(H,25,28)(H,26,29)/t14-,15-,18-,19-,20+,21-,24+/m0/s1. The minimum atomic E-state index is -0.538. The fourth-order valence-electron chi connectivity index (χ4n) is 6.09. The molecule has 3 N–H and O–H groups in total. The number of hydrogen-bond acceptors (Lipinski definition) is 4. The lowest BCUT2D eigenvalue weighted by atomic mass is 9.51. The van der Waals surface area contributed by atoms with Crippen LogP contribution < -0.4 is 10.6 Å². The fraction of sp³-hybridized carbons (Fsp3) is 0.750. The van der Waals surface area contributed by atoms with E-state index in [1.165, 1.54) is 0 Å². The molecule has 3 aliphatic carbocycles. The first-order valence-corrected chi connectivity index (χ1v) is 11.6. The van der Waals surface area contributed by atoms with Crippen LogP contribution in [0.25, 0.3) is 0 Å². The van der Waals surface area contributed by atoms with E-state index < -0.39 is 6.10 Å². The molecule has 6 nitrogen and oxygen atoms in total. The zero-order valence-electron chi connectivity index (χ0n) is 18.4. The van der Waals surface area contributed by atoms with Crippen molar-refractivity contribution in [3.63, 3.8) is 0 Å². The Labute approximate surface area is 179 Å². The Kier molecular flexibility index (Phi) is 5.97. The van der Waals surface area contributed by atoms with Gasteiger partial charge < -0.3 is 20.2 Å². The van der Waals surface area contributed by atoms with Gasteiger partial charge in [0.2, 0.25) is 11.8 Å². The molecule has 4 rings (SSSR count). The predicted octanol–water partition coefficient (Wildman–Crippen LogP) is 3.25. The number of rotatable bonds is 6. The van der Waals surface area contributed by atoms with Crippen LogP contribution in [0, 0.1) is 35.0 Å². The van der Waals surface area contributed by atoms with Crippen LogP contribution in [-0.4, -0.2) is 29.1 Å². The summed E-state index contributed by atoms with van der Waals surface area (Å²) in [6.45, 7) is 6.75. The lowest BCUT2D eigenvalue weighted by Gasteiger charge is -2.56. The highest BCUT2D eigenvalue weighted by Gasteiger charge is 2.54. The van der Waals surface area contributed by atoms with Crippen molar-refractivity contribution in [3.8, 4) is 0 Å². The highest BCUT2D eigenvalue weighted by atomic mass is 16.3. The lowest BCUT2D eigenvalue weighted by Crippen LogP contribution is -2.58. The van der Waals surface area contributed by atoms with E-state index in [1.807, 2.05) is 13.0 Å². The first kappa shape index (κ1) is 21.4. The molecule has 0 radical (unpaired) electrons. The number of carbonyl (C=O) groups is 2. The van der Waals surface area contributed by atoms with Crippen LogP contribution in [0.3, 0.4) is 0 Å². The summed E-state index contributed by atoms with van der Waals surface area (Å²) >= 11 is 0. The summed E-state index contributed by atoms with van der Waals surface area (Å²) in [5.41, 5.74) is 0.0699. The number of hydrogen-bond donors (Lipinski definition) is 3. The topological polar surface area (TPSA) is 91.6 Å². The van der Waals surface area contributed by atoms with Crippen molar-refractivity contribution in [2.45, 2.75) is 78.0 Å².